The maximum atomic E-state index is 12.6. The molecule has 1 aromatic carbocycles. The quantitative estimate of drug-likeness (QED) is 0.877. The van der Waals surface area contributed by atoms with Gasteiger partial charge < -0.3 is 10.2 Å². The molecule has 2 saturated heterocycles. The number of anilines is 1. The van der Waals surface area contributed by atoms with Crippen molar-refractivity contribution < 1.29 is 13.2 Å². The molecule has 128 valence electrons. The highest BCUT2D eigenvalue weighted by atomic mass is 35.5. The van der Waals surface area contributed by atoms with Gasteiger partial charge in [0.15, 0.2) is 0 Å². The number of carbonyl (C=O) groups is 1. The van der Waals surface area contributed by atoms with Crippen LogP contribution in [-0.2, 0) is 14.8 Å². The van der Waals surface area contributed by atoms with Gasteiger partial charge in [0.05, 0.1) is 4.90 Å². The van der Waals surface area contributed by atoms with Crippen molar-refractivity contribution in [2.24, 2.45) is 0 Å². The number of hydrogen-bond donors (Lipinski definition) is 1. The van der Waals surface area contributed by atoms with Crippen molar-refractivity contribution in [2.75, 3.05) is 31.6 Å². The summed E-state index contributed by atoms with van der Waals surface area (Å²) in [7, 11) is -1.86. The maximum absolute atomic E-state index is 12.6. The minimum absolute atomic E-state index is 0. The molecule has 23 heavy (non-hydrogen) atoms. The molecular formula is C15H22ClN3O3S. The van der Waals surface area contributed by atoms with Gasteiger partial charge >= 0.3 is 0 Å². The first-order valence-corrected chi connectivity index (χ1v) is 9.03. The largest absolute Gasteiger partial charge is 0.315 e. The molecule has 2 aliphatic heterocycles. The van der Waals surface area contributed by atoms with Crippen molar-refractivity contribution in [2.45, 2.75) is 30.2 Å². The molecule has 1 aromatic rings. The van der Waals surface area contributed by atoms with E-state index in [1.54, 1.807) is 36.2 Å². The number of benzene rings is 1. The van der Waals surface area contributed by atoms with E-state index in [4.69, 9.17) is 0 Å². The van der Waals surface area contributed by atoms with Gasteiger partial charge in [-0.1, -0.05) is 0 Å². The van der Waals surface area contributed by atoms with E-state index in [2.05, 4.69) is 5.32 Å². The van der Waals surface area contributed by atoms with E-state index < -0.39 is 10.0 Å². The summed E-state index contributed by atoms with van der Waals surface area (Å²) in [5.74, 6) is 0.102. The van der Waals surface area contributed by atoms with Gasteiger partial charge in [-0.2, -0.15) is 4.31 Å². The normalized spacial score (nSPS) is 21.7. The molecule has 8 heteroatoms. The van der Waals surface area contributed by atoms with Crippen LogP contribution in [0.25, 0.3) is 0 Å². The molecule has 1 amide bonds. The number of hydrogen-bond acceptors (Lipinski definition) is 4. The zero-order valence-corrected chi connectivity index (χ0v) is 14.7. The minimum Gasteiger partial charge on any atom is -0.315 e. The van der Waals surface area contributed by atoms with Crippen LogP contribution in [0.5, 0.6) is 0 Å². The lowest BCUT2D eigenvalue weighted by molar-refractivity contribution is -0.117. The van der Waals surface area contributed by atoms with Crippen molar-refractivity contribution in [3.63, 3.8) is 0 Å². The van der Waals surface area contributed by atoms with Gasteiger partial charge in [-0.15, -0.1) is 12.4 Å². The number of amides is 1. The highest BCUT2D eigenvalue weighted by Gasteiger charge is 2.30. The Balaban J connectivity index is 0.00000192. The smallest absolute Gasteiger partial charge is 0.243 e. The topological polar surface area (TPSA) is 69.7 Å². The van der Waals surface area contributed by atoms with Gasteiger partial charge in [0.25, 0.3) is 0 Å². The van der Waals surface area contributed by atoms with Crippen LogP contribution < -0.4 is 10.2 Å². The lowest BCUT2D eigenvalue weighted by atomic mass is 10.3. The highest BCUT2D eigenvalue weighted by molar-refractivity contribution is 7.89. The fourth-order valence-corrected chi connectivity index (χ4v) is 4.42. The van der Waals surface area contributed by atoms with E-state index in [9.17, 15) is 13.2 Å². The van der Waals surface area contributed by atoms with Gasteiger partial charge in [-0.05, 0) is 43.7 Å². The number of likely N-dealkylation sites (N-methyl/N-ethyl adjacent to an activating group) is 1. The minimum atomic E-state index is -3.49. The Kier molecular flexibility index (Phi) is 5.67. The van der Waals surface area contributed by atoms with E-state index in [0.29, 0.717) is 19.5 Å². The number of nitrogens with zero attached hydrogens (tertiary/aromatic N) is 2. The lowest BCUT2D eigenvalue weighted by Crippen LogP contribution is -2.38. The summed E-state index contributed by atoms with van der Waals surface area (Å²) >= 11 is 0. The molecule has 1 N–H and O–H groups in total. The van der Waals surface area contributed by atoms with E-state index >= 15 is 0 Å². The summed E-state index contributed by atoms with van der Waals surface area (Å²) in [5.41, 5.74) is 0.770. The second kappa shape index (κ2) is 7.17. The Labute approximate surface area is 143 Å². The van der Waals surface area contributed by atoms with Gasteiger partial charge in [-0.3, -0.25) is 4.79 Å². The summed E-state index contributed by atoms with van der Waals surface area (Å²) in [4.78, 5) is 13.7. The van der Waals surface area contributed by atoms with Crippen LogP contribution in [0.1, 0.15) is 19.3 Å². The molecule has 1 unspecified atom stereocenters. The molecule has 1 atom stereocenters. The van der Waals surface area contributed by atoms with Crippen LogP contribution in [0, 0.1) is 0 Å². The second-order valence-electron chi connectivity index (χ2n) is 5.81. The number of rotatable bonds is 4. The third-order valence-corrected chi connectivity index (χ3v) is 6.37. The van der Waals surface area contributed by atoms with Crippen molar-refractivity contribution in [3.8, 4) is 0 Å². The van der Waals surface area contributed by atoms with Crippen LogP contribution in [-0.4, -0.2) is 51.4 Å². The molecule has 0 spiro atoms. The Bertz CT molecular complexity index is 657. The summed E-state index contributed by atoms with van der Waals surface area (Å²) < 4.78 is 26.7. The number of nitrogens with one attached hydrogen (secondary N) is 1. The molecule has 3 rings (SSSR count). The monoisotopic (exact) mass is 359 g/mol. The average molecular weight is 360 g/mol. The summed E-state index contributed by atoms with van der Waals surface area (Å²) in [5, 5.41) is 3.18. The molecule has 0 aromatic heterocycles. The molecule has 2 fully saturated rings. The van der Waals surface area contributed by atoms with Gasteiger partial charge in [-0.25, -0.2) is 8.42 Å². The number of sulfonamides is 1. The number of carbonyl (C=O) groups excluding carboxylic acids is 1. The SMILES string of the molecule is CN(C1CCNC1)S(=O)(=O)c1ccc(N2CCCC2=O)cc1.Cl. The zero-order valence-electron chi connectivity index (χ0n) is 13.1. The van der Waals surface area contributed by atoms with Crippen molar-refractivity contribution in [1.82, 2.24) is 9.62 Å². The van der Waals surface area contributed by atoms with Crippen molar-refractivity contribution in [3.05, 3.63) is 24.3 Å². The van der Waals surface area contributed by atoms with E-state index in [1.165, 1.54) is 4.31 Å². The van der Waals surface area contributed by atoms with Gasteiger partial charge in [0.1, 0.15) is 0 Å². The van der Waals surface area contributed by atoms with Gasteiger partial charge in [0.2, 0.25) is 15.9 Å². The predicted octanol–water partition coefficient (Wildman–Crippen LogP) is 1.22. The van der Waals surface area contributed by atoms with Crippen molar-refractivity contribution >= 4 is 34.0 Å². The van der Waals surface area contributed by atoms with Crippen molar-refractivity contribution in [1.29, 1.82) is 0 Å². The standard InChI is InChI=1S/C15H21N3O3S.ClH/c1-17(13-8-9-16-11-13)22(20,21)14-6-4-12(5-7-14)18-10-2-3-15(18)19;/h4-7,13,16H,2-3,8-11H2,1H3;1H. The van der Waals surface area contributed by atoms with E-state index in [0.717, 1.165) is 25.1 Å². The first kappa shape index (κ1) is 18.2. The third kappa shape index (κ3) is 3.52. The molecule has 0 aliphatic carbocycles. The molecule has 2 aliphatic rings. The Morgan fingerprint density at radius 2 is 1.96 bits per heavy atom. The summed E-state index contributed by atoms with van der Waals surface area (Å²) in [6, 6.07) is 6.63. The number of halogens is 1. The second-order valence-corrected chi connectivity index (χ2v) is 7.81. The fraction of sp³-hybridized carbons (Fsp3) is 0.533. The zero-order chi connectivity index (χ0) is 15.7. The van der Waals surface area contributed by atoms with Crippen LogP contribution in [0.2, 0.25) is 0 Å². The summed E-state index contributed by atoms with van der Waals surface area (Å²) in [6.07, 6.45) is 2.25. The lowest BCUT2D eigenvalue weighted by Gasteiger charge is -2.23. The molecular weight excluding hydrogens is 338 g/mol. The molecule has 0 bridgehead atoms. The van der Waals surface area contributed by atoms with Crippen LogP contribution in [0.3, 0.4) is 0 Å². The predicted molar refractivity (Wildman–Crippen MR) is 91.5 cm³/mol. The van der Waals surface area contributed by atoms with E-state index in [-0.39, 0.29) is 29.3 Å². The molecule has 0 saturated carbocycles. The fourth-order valence-electron chi connectivity index (χ4n) is 3.03. The van der Waals surface area contributed by atoms with Crippen LogP contribution >= 0.6 is 12.4 Å². The molecule has 0 radical (unpaired) electrons. The maximum Gasteiger partial charge on any atom is 0.243 e. The average Bonchev–Trinajstić information content (AvgIpc) is 3.18. The third-order valence-electron chi connectivity index (χ3n) is 4.45. The molecule has 2 heterocycles. The Morgan fingerprint density at radius 1 is 1.26 bits per heavy atom. The Hall–Kier alpha value is -1.15. The first-order valence-electron chi connectivity index (χ1n) is 7.59. The van der Waals surface area contributed by atoms with Gasteiger partial charge in [0, 0.05) is 38.3 Å². The Morgan fingerprint density at radius 3 is 2.48 bits per heavy atom. The van der Waals surface area contributed by atoms with Crippen LogP contribution in [0.15, 0.2) is 29.2 Å². The first-order chi connectivity index (χ1) is 10.5. The van der Waals surface area contributed by atoms with E-state index in [1.807, 2.05) is 0 Å². The molecule has 6 nitrogen and oxygen atoms in total. The highest BCUT2D eigenvalue weighted by Crippen LogP contribution is 2.25. The summed E-state index contributed by atoms with van der Waals surface area (Å²) in [6.45, 7) is 2.25. The van der Waals surface area contributed by atoms with Crippen LogP contribution in [0.4, 0.5) is 5.69 Å².